The minimum atomic E-state index is 0. The number of pyridine rings is 2. The van der Waals surface area contributed by atoms with Crippen LogP contribution < -0.4 is 5.10 Å². The minimum Gasteiger partial charge on any atom is -0.574 e. The Morgan fingerprint density at radius 3 is 2.38 bits per heavy atom. The van der Waals surface area contributed by atoms with Gasteiger partial charge >= 0.3 is 21.1 Å². The Bertz CT molecular complexity index is 1470. The van der Waals surface area contributed by atoms with Crippen molar-refractivity contribution in [3.05, 3.63) is 103 Å². The summed E-state index contributed by atoms with van der Waals surface area (Å²) >= 11 is 0. The summed E-state index contributed by atoms with van der Waals surface area (Å²) in [5.74, 6) is 0.479. The summed E-state index contributed by atoms with van der Waals surface area (Å²) in [6, 6.07) is 27.1. The zero-order chi connectivity index (χ0) is 22.6. The van der Waals surface area contributed by atoms with Crippen molar-refractivity contribution >= 4 is 21.9 Å². The van der Waals surface area contributed by atoms with Gasteiger partial charge in [0.2, 0.25) is 0 Å². The average Bonchev–Trinajstić information content (AvgIpc) is 3.53. The Labute approximate surface area is 212 Å². The van der Waals surface area contributed by atoms with Crippen LogP contribution in [0.5, 0.6) is 0 Å². The Kier molecular flexibility index (Phi) is 7.34. The molecule has 0 aliphatic carbocycles. The average molecular weight is 626 g/mol. The number of benzene rings is 2. The van der Waals surface area contributed by atoms with E-state index in [4.69, 9.17) is 4.42 Å². The molecule has 0 aliphatic heterocycles. The van der Waals surface area contributed by atoms with Crippen LogP contribution in [-0.4, -0.2) is 15.1 Å². The second kappa shape index (κ2) is 10.6. The molecule has 4 heterocycles. The largest absolute Gasteiger partial charge is 2.00 e. The molecular formula is C28H22N4OPt. The monoisotopic (exact) mass is 625 g/mol. The van der Waals surface area contributed by atoms with Crippen LogP contribution in [0.3, 0.4) is 0 Å². The van der Waals surface area contributed by atoms with E-state index < -0.39 is 0 Å². The smallest absolute Gasteiger partial charge is 0.574 e. The molecule has 0 fully saturated rings. The Morgan fingerprint density at radius 2 is 1.68 bits per heavy atom. The van der Waals surface area contributed by atoms with E-state index in [1.165, 1.54) is 5.56 Å². The number of aromatic nitrogens is 4. The van der Waals surface area contributed by atoms with E-state index in [2.05, 4.69) is 52.2 Å². The van der Waals surface area contributed by atoms with Gasteiger partial charge in [0.05, 0.1) is 5.58 Å². The first-order valence-corrected chi connectivity index (χ1v) is 10.8. The molecule has 4 aromatic heterocycles. The molecule has 170 valence electrons. The third-order valence-electron chi connectivity index (χ3n) is 5.44. The molecule has 0 atom stereocenters. The van der Waals surface area contributed by atoms with E-state index in [0.717, 1.165) is 44.6 Å². The zero-order valence-electron chi connectivity index (χ0n) is 18.8. The normalized spacial score (nSPS) is 10.7. The Morgan fingerprint density at radius 1 is 0.824 bits per heavy atom. The fourth-order valence-corrected chi connectivity index (χ4v) is 3.66. The van der Waals surface area contributed by atoms with Gasteiger partial charge in [0.25, 0.3) is 0 Å². The summed E-state index contributed by atoms with van der Waals surface area (Å²) in [6.45, 7) is 4.34. The number of hydrogen-bond acceptors (Lipinski definition) is 4. The molecule has 6 rings (SSSR count). The molecule has 6 aromatic rings. The molecule has 0 aliphatic rings. The number of fused-ring (bicyclic) bond motifs is 3. The molecule has 34 heavy (non-hydrogen) atoms. The molecule has 0 spiro atoms. The molecule has 6 heteroatoms. The third kappa shape index (κ3) is 4.85. The molecule has 0 radical (unpaired) electrons. The first-order chi connectivity index (χ1) is 16.2. The van der Waals surface area contributed by atoms with Gasteiger partial charge in [-0.1, -0.05) is 73.0 Å². The summed E-state index contributed by atoms with van der Waals surface area (Å²) < 4.78 is 6.04. The maximum Gasteiger partial charge on any atom is 2.00 e. The van der Waals surface area contributed by atoms with Crippen LogP contribution in [0.4, 0.5) is 0 Å². The summed E-state index contributed by atoms with van der Waals surface area (Å²) in [7, 11) is 0. The van der Waals surface area contributed by atoms with Gasteiger partial charge in [0.1, 0.15) is 5.58 Å². The fraction of sp³-hybridized carbons (Fsp3) is 0.107. The van der Waals surface area contributed by atoms with Gasteiger partial charge in [0.15, 0.2) is 0 Å². The minimum absolute atomic E-state index is 0. The number of para-hydroxylation sites is 1. The van der Waals surface area contributed by atoms with E-state index in [-0.39, 0.29) is 21.1 Å². The van der Waals surface area contributed by atoms with Crippen LogP contribution in [0, 0.1) is 6.07 Å². The van der Waals surface area contributed by atoms with Crippen molar-refractivity contribution in [2.24, 2.45) is 0 Å². The van der Waals surface area contributed by atoms with Crippen molar-refractivity contribution < 1.29 is 25.5 Å². The van der Waals surface area contributed by atoms with Crippen molar-refractivity contribution in [1.82, 2.24) is 20.2 Å². The van der Waals surface area contributed by atoms with Crippen molar-refractivity contribution in [1.29, 1.82) is 0 Å². The summed E-state index contributed by atoms with van der Waals surface area (Å²) in [5, 5.41) is 9.82. The molecule has 0 bridgehead atoms. The van der Waals surface area contributed by atoms with Crippen LogP contribution in [0.2, 0.25) is 0 Å². The van der Waals surface area contributed by atoms with E-state index in [0.29, 0.717) is 5.92 Å². The Hall–Kier alpha value is -3.56. The van der Waals surface area contributed by atoms with Gasteiger partial charge in [-0.05, 0) is 35.4 Å². The van der Waals surface area contributed by atoms with Crippen molar-refractivity contribution in [3.8, 4) is 22.6 Å². The van der Waals surface area contributed by atoms with Gasteiger partial charge in [-0.2, -0.15) is 0 Å². The van der Waals surface area contributed by atoms with Gasteiger partial charge in [-0.3, -0.25) is 4.98 Å². The van der Waals surface area contributed by atoms with Crippen molar-refractivity contribution in [2.75, 3.05) is 0 Å². The fourth-order valence-electron chi connectivity index (χ4n) is 3.66. The standard InChI is InChI=1S/C20H16NO.C8H6N3.Pt/c1-13(2)14-10-11-18(21-12-14)17-8-5-7-16-15-6-3-4-9-19(15)22-20(16)17;1-2-5-9-7(3-1)8-4-6-10-11-8;/h3-7,9-13H,1-2H3;1-6H;/q2*-1;+2. The molecular weight excluding hydrogens is 603 g/mol. The van der Waals surface area contributed by atoms with Crippen LogP contribution in [0.1, 0.15) is 25.3 Å². The maximum atomic E-state index is 6.04. The van der Waals surface area contributed by atoms with Crippen LogP contribution in [-0.2, 0) is 21.1 Å². The topological polar surface area (TPSA) is 65.9 Å². The molecule has 0 N–H and O–H groups in total. The number of hydrogen-bond donors (Lipinski definition) is 0. The van der Waals surface area contributed by atoms with Crippen LogP contribution in [0.15, 0.2) is 95.8 Å². The second-order valence-corrected chi connectivity index (χ2v) is 7.96. The molecule has 5 nitrogen and oxygen atoms in total. The predicted molar refractivity (Wildman–Crippen MR) is 131 cm³/mol. The van der Waals surface area contributed by atoms with Crippen molar-refractivity contribution in [3.63, 3.8) is 0 Å². The van der Waals surface area contributed by atoms with E-state index in [9.17, 15) is 0 Å². The van der Waals surface area contributed by atoms with Gasteiger partial charge < -0.3 is 19.6 Å². The summed E-state index contributed by atoms with van der Waals surface area (Å²) in [6.07, 6.45) is 5.34. The van der Waals surface area contributed by atoms with Crippen molar-refractivity contribution in [2.45, 2.75) is 19.8 Å². The molecule has 0 unspecified atom stereocenters. The SMILES string of the molecule is CC(C)c1ccc(-c2[c-]ccc3c2oc2ccccc23)nc1.[Pt+2].c1ccc(-c2ccn[n-]2)nc1. The zero-order valence-corrected chi connectivity index (χ0v) is 21.0. The summed E-state index contributed by atoms with van der Waals surface area (Å²) in [5.41, 5.74) is 6.50. The van der Waals surface area contributed by atoms with Gasteiger partial charge in [0, 0.05) is 29.7 Å². The van der Waals surface area contributed by atoms with Crippen LogP contribution in [0.25, 0.3) is 44.6 Å². The predicted octanol–water partition coefficient (Wildman–Crippen LogP) is 6.67. The quantitative estimate of drug-likeness (QED) is 0.206. The van der Waals surface area contributed by atoms with E-state index >= 15 is 0 Å². The van der Waals surface area contributed by atoms with Gasteiger partial charge in [-0.15, -0.1) is 18.2 Å². The van der Waals surface area contributed by atoms with E-state index in [1.54, 1.807) is 12.4 Å². The second-order valence-electron chi connectivity index (χ2n) is 7.96. The number of furan rings is 1. The maximum absolute atomic E-state index is 6.04. The summed E-state index contributed by atoms with van der Waals surface area (Å²) in [4.78, 5) is 8.72. The number of nitrogens with zero attached hydrogens (tertiary/aromatic N) is 4. The first-order valence-electron chi connectivity index (χ1n) is 10.8. The van der Waals surface area contributed by atoms with Crippen LogP contribution >= 0.6 is 0 Å². The molecule has 0 saturated carbocycles. The molecule has 0 saturated heterocycles. The Balaban J connectivity index is 0.000000193. The molecule has 2 aromatic carbocycles. The van der Waals surface area contributed by atoms with E-state index in [1.807, 2.05) is 66.9 Å². The first kappa shape index (κ1) is 23.6. The number of rotatable bonds is 3. The molecule has 0 amide bonds. The van der Waals surface area contributed by atoms with Gasteiger partial charge in [-0.25, -0.2) is 0 Å². The third-order valence-corrected chi connectivity index (χ3v) is 5.44.